The highest BCUT2D eigenvalue weighted by molar-refractivity contribution is 6.03. The highest BCUT2D eigenvalue weighted by atomic mass is 16.5. The Hall–Kier alpha value is -2.61. The number of ether oxygens (including phenoxy) is 2. The third-order valence-corrected chi connectivity index (χ3v) is 4.75. The molecule has 1 aromatic rings. The van der Waals surface area contributed by atoms with Crippen LogP contribution in [0, 0.1) is 17.2 Å². The lowest BCUT2D eigenvalue weighted by Crippen LogP contribution is -2.30. The van der Waals surface area contributed by atoms with Gasteiger partial charge in [0, 0.05) is 34.9 Å². The Kier molecular flexibility index (Phi) is 4.39. The van der Waals surface area contributed by atoms with Crippen molar-refractivity contribution < 1.29 is 14.3 Å². The molecule has 1 unspecified atom stereocenters. The van der Waals surface area contributed by atoms with Crippen LogP contribution in [-0.2, 0) is 4.79 Å². The monoisotopic (exact) mass is 324 g/mol. The predicted octanol–water partition coefficient (Wildman–Crippen LogP) is 3.41. The van der Waals surface area contributed by atoms with Gasteiger partial charge in [0.05, 0.1) is 26.2 Å². The van der Waals surface area contributed by atoms with Crippen LogP contribution in [-0.4, -0.2) is 25.7 Å². The largest absolute Gasteiger partial charge is 0.497 e. The first-order valence-electron chi connectivity index (χ1n) is 8.03. The maximum Gasteiger partial charge on any atom is 0.161 e. The zero-order valence-corrected chi connectivity index (χ0v) is 14.1. The number of hydrogen-bond acceptors (Lipinski definition) is 5. The quantitative estimate of drug-likeness (QED) is 0.854. The summed E-state index contributed by atoms with van der Waals surface area (Å²) >= 11 is 0. The summed E-state index contributed by atoms with van der Waals surface area (Å²) in [6, 6.07) is 7.82. The number of hydrogen-bond donors (Lipinski definition) is 0. The number of benzene rings is 1. The molecule has 0 aromatic heterocycles. The van der Waals surface area contributed by atoms with Gasteiger partial charge in [-0.1, -0.05) is 0 Å². The van der Waals surface area contributed by atoms with Gasteiger partial charge in [-0.25, -0.2) is 0 Å². The van der Waals surface area contributed by atoms with Crippen LogP contribution in [0.2, 0.25) is 0 Å². The van der Waals surface area contributed by atoms with Crippen molar-refractivity contribution >= 4 is 11.5 Å². The lowest BCUT2D eigenvalue weighted by atomic mass is 9.72. The second kappa shape index (κ2) is 6.48. The van der Waals surface area contributed by atoms with E-state index in [2.05, 4.69) is 11.1 Å². The summed E-state index contributed by atoms with van der Waals surface area (Å²) in [5.74, 6) is 0.573. The van der Waals surface area contributed by atoms with Crippen molar-refractivity contribution in [2.24, 2.45) is 10.9 Å². The second-order valence-corrected chi connectivity index (χ2v) is 6.08. The van der Waals surface area contributed by atoms with Gasteiger partial charge in [-0.05, 0) is 38.0 Å². The van der Waals surface area contributed by atoms with E-state index in [0.717, 1.165) is 29.8 Å². The first kappa shape index (κ1) is 16.3. The van der Waals surface area contributed by atoms with Gasteiger partial charge in [-0.2, -0.15) is 5.26 Å². The van der Waals surface area contributed by atoms with Crippen molar-refractivity contribution in [2.45, 2.75) is 32.1 Å². The second-order valence-electron chi connectivity index (χ2n) is 6.08. The number of rotatable bonds is 3. The predicted molar refractivity (Wildman–Crippen MR) is 90.4 cm³/mol. The molecule has 2 atom stereocenters. The molecule has 0 N–H and O–H groups in total. The lowest BCUT2D eigenvalue weighted by Gasteiger charge is -2.33. The van der Waals surface area contributed by atoms with Gasteiger partial charge >= 0.3 is 0 Å². The van der Waals surface area contributed by atoms with E-state index in [-0.39, 0.29) is 11.7 Å². The summed E-state index contributed by atoms with van der Waals surface area (Å²) in [6.45, 7) is 1.86. The van der Waals surface area contributed by atoms with Crippen LogP contribution in [0.3, 0.4) is 0 Å². The number of carbonyl (C=O) groups is 1. The normalized spacial score (nSPS) is 23.2. The topological polar surface area (TPSA) is 71.7 Å². The number of methoxy groups -OCH3 is 2. The zero-order valence-electron chi connectivity index (χ0n) is 14.1. The van der Waals surface area contributed by atoms with Crippen molar-refractivity contribution in [2.75, 3.05) is 14.2 Å². The molecule has 2 aliphatic rings. The van der Waals surface area contributed by atoms with Gasteiger partial charge in [0.15, 0.2) is 5.78 Å². The molecule has 1 heterocycles. The standard InChI is InChI=1S/C19H20N2O3/c1-11-14(10-20)18(19-15(21-11)5-4-6-16(19)22)13-9-12(23-2)7-8-17(13)24-3/h7-9,14,18H,4-6H2,1-3H3/t14?,18-/m1/s1. The molecule has 1 aromatic carbocycles. The molecule has 0 spiro atoms. The molecule has 1 aliphatic carbocycles. The van der Waals surface area contributed by atoms with E-state index in [1.165, 1.54) is 0 Å². The van der Waals surface area contributed by atoms with Crippen LogP contribution >= 0.6 is 0 Å². The minimum absolute atomic E-state index is 0.0858. The molecule has 24 heavy (non-hydrogen) atoms. The number of allylic oxidation sites excluding steroid dienone is 2. The maximum atomic E-state index is 12.6. The van der Waals surface area contributed by atoms with Crippen LogP contribution in [0.25, 0.3) is 0 Å². The Balaban J connectivity index is 2.23. The van der Waals surface area contributed by atoms with Gasteiger partial charge < -0.3 is 9.47 Å². The highest BCUT2D eigenvalue weighted by Gasteiger charge is 2.40. The fourth-order valence-corrected chi connectivity index (χ4v) is 3.59. The average Bonchev–Trinajstić information content (AvgIpc) is 2.60. The molecule has 0 saturated heterocycles. The first-order chi connectivity index (χ1) is 11.6. The van der Waals surface area contributed by atoms with E-state index < -0.39 is 5.92 Å². The summed E-state index contributed by atoms with van der Waals surface area (Å²) in [7, 11) is 3.19. The Bertz CT molecular complexity index is 786. The van der Waals surface area contributed by atoms with Crippen molar-refractivity contribution in [3.05, 3.63) is 35.0 Å². The van der Waals surface area contributed by atoms with E-state index in [9.17, 15) is 10.1 Å². The molecule has 1 aliphatic heterocycles. The van der Waals surface area contributed by atoms with Crippen LogP contribution < -0.4 is 9.47 Å². The number of nitriles is 1. The van der Waals surface area contributed by atoms with Gasteiger partial charge in [0.25, 0.3) is 0 Å². The van der Waals surface area contributed by atoms with E-state index in [1.54, 1.807) is 14.2 Å². The molecule has 0 radical (unpaired) electrons. The van der Waals surface area contributed by atoms with E-state index in [0.29, 0.717) is 23.5 Å². The minimum atomic E-state index is -0.480. The molecule has 0 bridgehead atoms. The van der Waals surface area contributed by atoms with Crippen molar-refractivity contribution in [3.8, 4) is 17.6 Å². The molecule has 0 saturated carbocycles. The molecule has 0 amide bonds. The van der Waals surface area contributed by atoms with Crippen LogP contribution in [0.5, 0.6) is 11.5 Å². The number of Topliss-reactive ketones (excluding diaryl/α,β-unsaturated/α-hetero) is 1. The van der Waals surface area contributed by atoms with Gasteiger partial charge in [0.2, 0.25) is 0 Å². The summed E-state index contributed by atoms with van der Waals surface area (Å²) in [5, 5.41) is 9.72. The summed E-state index contributed by atoms with van der Waals surface area (Å²) in [5.41, 5.74) is 3.05. The molecule has 0 fully saturated rings. The van der Waals surface area contributed by atoms with Crippen LogP contribution in [0.4, 0.5) is 0 Å². The molecule has 5 heteroatoms. The Labute approximate surface area is 141 Å². The fraction of sp³-hybridized carbons (Fsp3) is 0.421. The number of nitrogens with zero attached hydrogens (tertiary/aromatic N) is 2. The minimum Gasteiger partial charge on any atom is -0.497 e. The van der Waals surface area contributed by atoms with Gasteiger partial charge in [0.1, 0.15) is 11.5 Å². The molecule has 124 valence electrons. The molecular weight excluding hydrogens is 304 g/mol. The Morgan fingerprint density at radius 3 is 2.71 bits per heavy atom. The summed E-state index contributed by atoms with van der Waals surface area (Å²) in [4.78, 5) is 17.2. The zero-order chi connectivity index (χ0) is 17.3. The van der Waals surface area contributed by atoms with Crippen LogP contribution in [0.15, 0.2) is 34.5 Å². The number of aliphatic imine (C=N–C) groups is 1. The molecule has 3 rings (SSSR count). The number of carbonyl (C=O) groups excluding carboxylic acids is 1. The van der Waals surface area contributed by atoms with Gasteiger partial charge in [-0.3, -0.25) is 9.79 Å². The van der Waals surface area contributed by atoms with Gasteiger partial charge in [-0.15, -0.1) is 0 Å². The fourth-order valence-electron chi connectivity index (χ4n) is 3.59. The average molecular weight is 324 g/mol. The summed E-state index contributed by atoms with van der Waals surface area (Å²) < 4.78 is 10.8. The van der Waals surface area contributed by atoms with Crippen molar-refractivity contribution in [3.63, 3.8) is 0 Å². The van der Waals surface area contributed by atoms with Crippen molar-refractivity contribution in [1.82, 2.24) is 0 Å². The summed E-state index contributed by atoms with van der Waals surface area (Å²) in [6.07, 6.45) is 2.10. The molecule has 5 nitrogen and oxygen atoms in total. The maximum absolute atomic E-state index is 12.6. The SMILES string of the molecule is COc1ccc(OC)c([C@H]2C3=C(CCCC3=O)N=C(C)C2C#N)c1. The third kappa shape index (κ3) is 2.58. The van der Waals surface area contributed by atoms with Crippen LogP contribution in [0.1, 0.15) is 37.7 Å². The van der Waals surface area contributed by atoms with E-state index in [4.69, 9.17) is 9.47 Å². The lowest BCUT2D eigenvalue weighted by molar-refractivity contribution is -0.116. The van der Waals surface area contributed by atoms with E-state index >= 15 is 0 Å². The van der Waals surface area contributed by atoms with E-state index in [1.807, 2.05) is 25.1 Å². The highest BCUT2D eigenvalue weighted by Crippen LogP contribution is 2.46. The third-order valence-electron chi connectivity index (χ3n) is 4.75. The molecular formula is C19H20N2O3. The Morgan fingerprint density at radius 2 is 2.04 bits per heavy atom. The number of ketones is 1. The smallest absolute Gasteiger partial charge is 0.161 e. The van der Waals surface area contributed by atoms with Crippen molar-refractivity contribution in [1.29, 1.82) is 5.26 Å². The first-order valence-corrected chi connectivity index (χ1v) is 8.03. The Morgan fingerprint density at radius 1 is 1.25 bits per heavy atom.